The molecule has 0 radical (unpaired) electrons. The number of carbonyl (C=O) groups excluding carboxylic acids is 1. The van der Waals surface area contributed by atoms with Crippen molar-refractivity contribution in [3.8, 4) is 0 Å². The second-order valence-corrected chi connectivity index (χ2v) is 3.72. The minimum absolute atomic E-state index is 0.0364. The standard InChI is InChI=1S/C13H10N2O/c16-13-11-7-4-8-14-12(11)9-15(13)10-5-2-1-3-6-10/h1-8H,9H2. The Morgan fingerprint density at radius 3 is 2.62 bits per heavy atom. The van der Waals surface area contributed by atoms with Gasteiger partial charge >= 0.3 is 0 Å². The van der Waals surface area contributed by atoms with E-state index in [2.05, 4.69) is 4.98 Å². The summed E-state index contributed by atoms with van der Waals surface area (Å²) in [6.07, 6.45) is 1.72. The number of anilines is 1. The Balaban J connectivity index is 2.02. The van der Waals surface area contributed by atoms with Gasteiger partial charge in [0.25, 0.3) is 5.91 Å². The van der Waals surface area contributed by atoms with Gasteiger partial charge in [-0.1, -0.05) is 18.2 Å². The van der Waals surface area contributed by atoms with E-state index < -0.39 is 0 Å². The van der Waals surface area contributed by atoms with Crippen LogP contribution in [0, 0.1) is 0 Å². The number of para-hydroxylation sites is 1. The number of rotatable bonds is 1. The number of aromatic nitrogens is 1. The summed E-state index contributed by atoms with van der Waals surface area (Å²) in [7, 11) is 0. The van der Waals surface area contributed by atoms with Crippen molar-refractivity contribution in [3.05, 3.63) is 59.9 Å². The van der Waals surface area contributed by atoms with Crippen molar-refractivity contribution in [2.24, 2.45) is 0 Å². The van der Waals surface area contributed by atoms with Crippen molar-refractivity contribution in [2.75, 3.05) is 4.90 Å². The Hall–Kier alpha value is -2.16. The molecule has 0 aliphatic carbocycles. The summed E-state index contributed by atoms with van der Waals surface area (Å²) in [5.74, 6) is 0.0364. The van der Waals surface area contributed by atoms with E-state index in [0.717, 1.165) is 11.4 Å². The van der Waals surface area contributed by atoms with Crippen LogP contribution < -0.4 is 4.90 Å². The lowest BCUT2D eigenvalue weighted by atomic mass is 10.2. The number of nitrogens with zero attached hydrogens (tertiary/aromatic N) is 2. The molecule has 3 nitrogen and oxygen atoms in total. The Bertz CT molecular complexity index is 537. The van der Waals surface area contributed by atoms with Crippen molar-refractivity contribution in [1.29, 1.82) is 0 Å². The highest BCUT2D eigenvalue weighted by Crippen LogP contribution is 2.26. The number of hydrogen-bond donors (Lipinski definition) is 0. The molecular weight excluding hydrogens is 200 g/mol. The average molecular weight is 210 g/mol. The third-order valence-corrected chi connectivity index (χ3v) is 2.74. The van der Waals surface area contributed by atoms with Gasteiger partial charge in [0.1, 0.15) is 0 Å². The zero-order valence-electron chi connectivity index (χ0n) is 8.63. The molecular formula is C13H10N2O. The van der Waals surface area contributed by atoms with Crippen LogP contribution in [0.3, 0.4) is 0 Å². The van der Waals surface area contributed by atoms with E-state index >= 15 is 0 Å². The summed E-state index contributed by atoms with van der Waals surface area (Å²) in [6.45, 7) is 0.568. The van der Waals surface area contributed by atoms with Crippen LogP contribution in [0.5, 0.6) is 0 Å². The van der Waals surface area contributed by atoms with Gasteiger partial charge in [-0.25, -0.2) is 0 Å². The maximum Gasteiger partial charge on any atom is 0.260 e. The fourth-order valence-corrected chi connectivity index (χ4v) is 1.94. The van der Waals surface area contributed by atoms with Gasteiger partial charge in [0.2, 0.25) is 0 Å². The van der Waals surface area contributed by atoms with Gasteiger partial charge in [-0.05, 0) is 24.3 Å². The summed E-state index contributed by atoms with van der Waals surface area (Å²) in [5, 5.41) is 0. The molecule has 0 saturated heterocycles. The van der Waals surface area contributed by atoms with Gasteiger partial charge in [-0.2, -0.15) is 0 Å². The molecule has 0 N–H and O–H groups in total. The summed E-state index contributed by atoms with van der Waals surface area (Å²) >= 11 is 0. The van der Waals surface area contributed by atoms with Crippen LogP contribution in [0.25, 0.3) is 0 Å². The van der Waals surface area contributed by atoms with Crippen LogP contribution in [0.4, 0.5) is 5.69 Å². The highest BCUT2D eigenvalue weighted by molar-refractivity contribution is 6.09. The smallest absolute Gasteiger partial charge is 0.260 e. The third kappa shape index (κ3) is 1.29. The van der Waals surface area contributed by atoms with E-state index in [1.165, 1.54) is 0 Å². The molecule has 0 saturated carbocycles. The number of hydrogen-bond acceptors (Lipinski definition) is 2. The summed E-state index contributed by atoms with van der Waals surface area (Å²) < 4.78 is 0. The molecule has 1 aromatic heterocycles. The van der Waals surface area contributed by atoms with Crippen molar-refractivity contribution in [2.45, 2.75) is 6.54 Å². The third-order valence-electron chi connectivity index (χ3n) is 2.74. The maximum absolute atomic E-state index is 12.1. The molecule has 1 amide bonds. The van der Waals surface area contributed by atoms with E-state index in [9.17, 15) is 4.79 Å². The van der Waals surface area contributed by atoms with Gasteiger partial charge in [0, 0.05) is 11.9 Å². The number of benzene rings is 1. The zero-order chi connectivity index (χ0) is 11.0. The molecule has 2 aromatic rings. The Kier molecular flexibility index (Phi) is 1.96. The van der Waals surface area contributed by atoms with Crippen LogP contribution in [-0.2, 0) is 6.54 Å². The minimum atomic E-state index is 0.0364. The summed E-state index contributed by atoms with van der Waals surface area (Å²) in [6, 6.07) is 13.3. The highest BCUT2D eigenvalue weighted by Gasteiger charge is 2.28. The largest absolute Gasteiger partial charge is 0.302 e. The quantitative estimate of drug-likeness (QED) is 0.723. The molecule has 1 aliphatic rings. The first-order valence-corrected chi connectivity index (χ1v) is 5.17. The molecule has 1 aliphatic heterocycles. The molecule has 0 fully saturated rings. The van der Waals surface area contributed by atoms with E-state index in [4.69, 9.17) is 0 Å². The predicted molar refractivity (Wildman–Crippen MR) is 61.2 cm³/mol. The molecule has 3 heteroatoms. The lowest BCUT2D eigenvalue weighted by molar-refractivity contribution is 0.0996. The molecule has 0 spiro atoms. The predicted octanol–water partition coefficient (Wildman–Crippen LogP) is 2.24. The van der Waals surface area contributed by atoms with Crippen molar-refractivity contribution < 1.29 is 4.79 Å². The van der Waals surface area contributed by atoms with E-state index in [1.54, 1.807) is 17.2 Å². The van der Waals surface area contributed by atoms with Crippen molar-refractivity contribution >= 4 is 11.6 Å². The monoisotopic (exact) mass is 210 g/mol. The Labute approximate surface area is 93.4 Å². The molecule has 0 unspecified atom stereocenters. The lowest BCUT2D eigenvalue weighted by Crippen LogP contribution is -2.22. The molecule has 16 heavy (non-hydrogen) atoms. The second-order valence-electron chi connectivity index (χ2n) is 3.72. The summed E-state index contributed by atoms with van der Waals surface area (Å²) in [4.78, 5) is 18.1. The van der Waals surface area contributed by atoms with Gasteiger partial charge < -0.3 is 4.90 Å². The van der Waals surface area contributed by atoms with E-state index in [0.29, 0.717) is 12.1 Å². The van der Waals surface area contributed by atoms with Crippen molar-refractivity contribution in [3.63, 3.8) is 0 Å². The molecule has 78 valence electrons. The SMILES string of the molecule is O=C1c2cccnc2CN1c1ccccc1. The number of fused-ring (bicyclic) bond motifs is 1. The Morgan fingerprint density at radius 1 is 1.06 bits per heavy atom. The van der Waals surface area contributed by atoms with Gasteiger partial charge in [-0.15, -0.1) is 0 Å². The zero-order valence-corrected chi connectivity index (χ0v) is 8.63. The van der Waals surface area contributed by atoms with E-state index in [-0.39, 0.29) is 5.91 Å². The van der Waals surface area contributed by atoms with Gasteiger partial charge in [0.05, 0.1) is 17.8 Å². The van der Waals surface area contributed by atoms with Gasteiger partial charge in [0.15, 0.2) is 0 Å². The lowest BCUT2D eigenvalue weighted by Gasteiger charge is -2.14. The second kappa shape index (κ2) is 3.45. The van der Waals surface area contributed by atoms with Crippen LogP contribution in [0.1, 0.15) is 16.1 Å². The van der Waals surface area contributed by atoms with E-state index in [1.807, 2.05) is 36.4 Å². The van der Waals surface area contributed by atoms with Crippen molar-refractivity contribution in [1.82, 2.24) is 4.98 Å². The van der Waals surface area contributed by atoms with Gasteiger partial charge in [-0.3, -0.25) is 9.78 Å². The first-order chi connectivity index (χ1) is 7.86. The first-order valence-electron chi connectivity index (χ1n) is 5.17. The van der Waals surface area contributed by atoms with Crippen LogP contribution in [0.15, 0.2) is 48.7 Å². The molecule has 3 rings (SSSR count). The minimum Gasteiger partial charge on any atom is -0.302 e. The fraction of sp³-hybridized carbons (Fsp3) is 0.0769. The fourth-order valence-electron chi connectivity index (χ4n) is 1.94. The number of carbonyl (C=O) groups is 1. The van der Waals surface area contributed by atoms with Crippen LogP contribution >= 0.6 is 0 Å². The highest BCUT2D eigenvalue weighted by atomic mass is 16.2. The van der Waals surface area contributed by atoms with Crippen LogP contribution in [-0.4, -0.2) is 10.9 Å². The molecule has 0 atom stereocenters. The molecule has 2 heterocycles. The molecule has 0 bridgehead atoms. The summed E-state index contributed by atoms with van der Waals surface area (Å²) in [5.41, 5.74) is 2.49. The first kappa shape index (κ1) is 9.09. The number of amides is 1. The van der Waals surface area contributed by atoms with Crippen LogP contribution in [0.2, 0.25) is 0 Å². The topological polar surface area (TPSA) is 33.2 Å². The average Bonchev–Trinajstić information content (AvgIpc) is 2.69. The Morgan fingerprint density at radius 2 is 1.88 bits per heavy atom. The molecule has 1 aromatic carbocycles. The number of pyridine rings is 1. The normalized spacial score (nSPS) is 14.0. The maximum atomic E-state index is 12.1.